The van der Waals surface area contributed by atoms with Gasteiger partial charge in [0, 0.05) is 23.3 Å². The number of aromatic nitrogens is 1. The average molecular weight is 401 g/mol. The van der Waals surface area contributed by atoms with E-state index in [1.165, 1.54) is 4.90 Å². The van der Waals surface area contributed by atoms with Crippen LogP contribution in [0.25, 0.3) is 10.9 Å². The lowest BCUT2D eigenvalue weighted by Crippen LogP contribution is -2.35. The Morgan fingerprint density at radius 1 is 1.07 bits per heavy atom. The number of anilines is 1. The quantitative estimate of drug-likeness (QED) is 0.576. The number of hydrogen-bond acceptors (Lipinski definition) is 5. The monoisotopic (exact) mass is 401 g/mol. The van der Waals surface area contributed by atoms with Crippen molar-refractivity contribution in [3.63, 3.8) is 0 Å². The number of pyridine rings is 1. The second-order valence-corrected chi connectivity index (χ2v) is 7.20. The number of nitriles is 1. The lowest BCUT2D eigenvalue weighted by atomic mass is 10.1. The molecule has 1 aromatic heterocycles. The zero-order valence-corrected chi connectivity index (χ0v) is 17.3. The number of benzene rings is 2. The van der Waals surface area contributed by atoms with Crippen molar-refractivity contribution < 1.29 is 14.3 Å². The summed E-state index contributed by atoms with van der Waals surface area (Å²) in [5.74, 6) is -0.954. The summed E-state index contributed by atoms with van der Waals surface area (Å²) in [6.07, 6.45) is 0.181. The average Bonchev–Trinajstić information content (AvgIpc) is 2.71. The van der Waals surface area contributed by atoms with Gasteiger partial charge in [0.25, 0.3) is 5.91 Å². The van der Waals surface area contributed by atoms with Gasteiger partial charge in [-0.1, -0.05) is 24.3 Å². The number of hydrogen-bond donors (Lipinski definition) is 0. The number of para-hydroxylation sites is 1. The number of amides is 1. The Labute approximate surface area is 175 Å². The summed E-state index contributed by atoms with van der Waals surface area (Å²) in [5, 5.41) is 9.64. The molecule has 0 saturated carbocycles. The van der Waals surface area contributed by atoms with Crippen LogP contribution in [0, 0.1) is 32.1 Å². The first-order valence-electron chi connectivity index (χ1n) is 9.68. The van der Waals surface area contributed by atoms with Crippen LogP contribution in [0.2, 0.25) is 0 Å². The van der Waals surface area contributed by atoms with Crippen LogP contribution < -0.4 is 4.90 Å². The van der Waals surface area contributed by atoms with Crippen molar-refractivity contribution >= 4 is 28.5 Å². The third-order valence-corrected chi connectivity index (χ3v) is 4.66. The van der Waals surface area contributed by atoms with Crippen molar-refractivity contribution in [3.8, 4) is 6.07 Å². The molecular weight excluding hydrogens is 378 g/mol. The zero-order chi connectivity index (χ0) is 21.7. The molecule has 0 radical (unpaired) electrons. The normalized spacial score (nSPS) is 10.5. The number of rotatable bonds is 6. The Morgan fingerprint density at radius 2 is 1.77 bits per heavy atom. The molecular formula is C24H23N3O3. The van der Waals surface area contributed by atoms with Crippen LogP contribution in [-0.4, -0.2) is 30.0 Å². The molecule has 0 aliphatic rings. The molecule has 1 heterocycles. The SMILES string of the molecule is Cc1cc(C)cc(N(CCC#N)C(=O)COC(=O)c2cc(C)nc3ccccc23)c1. The predicted octanol–water partition coefficient (Wildman–Crippen LogP) is 4.26. The first kappa shape index (κ1) is 21.0. The highest BCUT2D eigenvalue weighted by Gasteiger charge is 2.20. The molecule has 0 bridgehead atoms. The molecule has 2 aromatic carbocycles. The molecule has 0 atom stereocenters. The number of carbonyl (C=O) groups is 2. The number of nitrogens with zero attached hydrogens (tertiary/aromatic N) is 3. The first-order valence-corrected chi connectivity index (χ1v) is 9.68. The summed E-state index contributed by atoms with van der Waals surface area (Å²) in [6.45, 7) is 5.51. The van der Waals surface area contributed by atoms with E-state index in [4.69, 9.17) is 10.00 Å². The first-order chi connectivity index (χ1) is 14.4. The van der Waals surface area contributed by atoms with E-state index in [1.54, 1.807) is 19.1 Å². The van der Waals surface area contributed by atoms with Crippen molar-refractivity contribution in [3.05, 3.63) is 70.9 Å². The summed E-state index contributed by atoms with van der Waals surface area (Å²) in [6, 6.07) is 16.8. The lowest BCUT2D eigenvalue weighted by Gasteiger charge is -2.22. The molecule has 6 heteroatoms. The van der Waals surface area contributed by atoms with Crippen molar-refractivity contribution in [1.82, 2.24) is 4.98 Å². The largest absolute Gasteiger partial charge is 0.452 e. The lowest BCUT2D eigenvalue weighted by molar-refractivity contribution is -0.121. The van der Waals surface area contributed by atoms with Crippen LogP contribution in [0.15, 0.2) is 48.5 Å². The molecule has 30 heavy (non-hydrogen) atoms. The predicted molar refractivity (Wildman–Crippen MR) is 115 cm³/mol. The molecule has 152 valence electrons. The van der Waals surface area contributed by atoms with Gasteiger partial charge in [0.15, 0.2) is 6.61 Å². The Balaban J connectivity index is 1.80. The fourth-order valence-electron chi connectivity index (χ4n) is 3.43. The third kappa shape index (κ3) is 4.81. The van der Waals surface area contributed by atoms with Gasteiger partial charge in [0.2, 0.25) is 0 Å². The molecule has 0 aliphatic heterocycles. The van der Waals surface area contributed by atoms with E-state index in [-0.39, 0.29) is 18.9 Å². The molecule has 0 fully saturated rings. The maximum atomic E-state index is 12.9. The molecule has 0 N–H and O–H groups in total. The van der Waals surface area contributed by atoms with Crippen LogP contribution in [0.5, 0.6) is 0 Å². The van der Waals surface area contributed by atoms with Gasteiger partial charge >= 0.3 is 5.97 Å². The molecule has 0 spiro atoms. The highest BCUT2D eigenvalue weighted by Crippen LogP contribution is 2.21. The summed E-state index contributed by atoms with van der Waals surface area (Å²) in [7, 11) is 0. The fourth-order valence-corrected chi connectivity index (χ4v) is 3.43. The maximum absolute atomic E-state index is 12.9. The van der Waals surface area contributed by atoms with E-state index in [0.29, 0.717) is 27.8 Å². The topological polar surface area (TPSA) is 83.3 Å². The molecule has 0 saturated heterocycles. The molecule has 0 unspecified atom stereocenters. The summed E-state index contributed by atoms with van der Waals surface area (Å²) < 4.78 is 5.36. The van der Waals surface area contributed by atoms with Gasteiger partial charge in [-0.2, -0.15) is 5.26 Å². The number of ether oxygens (including phenoxy) is 1. The summed E-state index contributed by atoms with van der Waals surface area (Å²) in [4.78, 5) is 31.5. The standard InChI is InChI=1S/C24H23N3O3/c1-16-11-17(2)13-19(12-16)27(10-6-9-25)23(28)15-30-24(29)21-14-18(3)26-22-8-5-4-7-20(21)22/h4-5,7-8,11-14H,6,10,15H2,1-3H3. The van der Waals surface area contributed by atoms with E-state index in [0.717, 1.165) is 11.1 Å². The maximum Gasteiger partial charge on any atom is 0.339 e. The van der Waals surface area contributed by atoms with Gasteiger partial charge in [-0.15, -0.1) is 0 Å². The van der Waals surface area contributed by atoms with E-state index >= 15 is 0 Å². The minimum Gasteiger partial charge on any atom is -0.452 e. The minimum absolute atomic E-state index is 0.181. The number of carbonyl (C=O) groups excluding carboxylic acids is 2. The summed E-state index contributed by atoms with van der Waals surface area (Å²) in [5.41, 5.74) is 4.47. The fraction of sp³-hybridized carbons (Fsp3) is 0.250. The van der Waals surface area contributed by atoms with Gasteiger partial charge in [0.1, 0.15) is 0 Å². The van der Waals surface area contributed by atoms with Crippen molar-refractivity contribution in [2.75, 3.05) is 18.1 Å². The van der Waals surface area contributed by atoms with E-state index < -0.39 is 12.6 Å². The Hall–Kier alpha value is -3.72. The second-order valence-electron chi connectivity index (χ2n) is 7.20. The van der Waals surface area contributed by atoms with Gasteiger partial charge in [-0.25, -0.2) is 4.79 Å². The third-order valence-electron chi connectivity index (χ3n) is 4.66. The number of fused-ring (bicyclic) bond motifs is 1. The molecule has 3 aromatic rings. The minimum atomic E-state index is -0.578. The van der Waals surface area contributed by atoms with Crippen LogP contribution in [0.1, 0.15) is 33.6 Å². The highest BCUT2D eigenvalue weighted by atomic mass is 16.5. The van der Waals surface area contributed by atoms with Gasteiger partial charge in [0.05, 0.1) is 23.6 Å². The van der Waals surface area contributed by atoms with Crippen molar-refractivity contribution in [2.45, 2.75) is 27.2 Å². The van der Waals surface area contributed by atoms with Crippen LogP contribution in [0.4, 0.5) is 5.69 Å². The van der Waals surface area contributed by atoms with E-state index in [1.807, 2.05) is 50.2 Å². The van der Waals surface area contributed by atoms with Crippen LogP contribution >= 0.6 is 0 Å². The second kappa shape index (κ2) is 9.19. The van der Waals surface area contributed by atoms with Gasteiger partial charge in [-0.05, 0) is 56.2 Å². The highest BCUT2D eigenvalue weighted by molar-refractivity contribution is 6.04. The molecule has 6 nitrogen and oxygen atoms in total. The Morgan fingerprint density at radius 3 is 2.47 bits per heavy atom. The van der Waals surface area contributed by atoms with Gasteiger partial charge < -0.3 is 9.64 Å². The smallest absolute Gasteiger partial charge is 0.339 e. The zero-order valence-electron chi connectivity index (χ0n) is 17.3. The number of esters is 1. The van der Waals surface area contributed by atoms with Crippen molar-refractivity contribution in [2.24, 2.45) is 0 Å². The van der Waals surface area contributed by atoms with E-state index in [2.05, 4.69) is 11.1 Å². The van der Waals surface area contributed by atoms with Crippen LogP contribution in [-0.2, 0) is 9.53 Å². The van der Waals surface area contributed by atoms with Crippen molar-refractivity contribution in [1.29, 1.82) is 5.26 Å². The molecule has 0 aliphatic carbocycles. The van der Waals surface area contributed by atoms with E-state index in [9.17, 15) is 9.59 Å². The van der Waals surface area contributed by atoms with Crippen LogP contribution in [0.3, 0.4) is 0 Å². The number of aryl methyl sites for hydroxylation is 3. The Kier molecular flexibility index (Phi) is 6.43. The Bertz CT molecular complexity index is 1130. The van der Waals surface area contributed by atoms with Gasteiger partial charge in [-0.3, -0.25) is 9.78 Å². The summed E-state index contributed by atoms with van der Waals surface area (Å²) >= 11 is 0. The molecule has 1 amide bonds. The molecule has 3 rings (SSSR count).